The van der Waals surface area contributed by atoms with Gasteiger partial charge in [0.15, 0.2) is 0 Å². The molecule has 0 atom stereocenters. The maximum absolute atomic E-state index is 5.13. The van der Waals surface area contributed by atoms with E-state index < -0.39 is 0 Å². The van der Waals surface area contributed by atoms with E-state index in [0.717, 1.165) is 16.7 Å². The topological polar surface area (TPSA) is 0 Å². The molecule has 52 valence electrons. The van der Waals surface area contributed by atoms with E-state index in [4.69, 9.17) is 6.42 Å². The van der Waals surface area contributed by atoms with Crippen LogP contribution >= 0.6 is 0 Å². The minimum absolute atomic E-state index is 0.725. The average molecular weight is 132 g/mol. The van der Waals surface area contributed by atoms with Crippen molar-refractivity contribution >= 4 is 0 Å². The Labute approximate surface area is 63.0 Å². The molecule has 0 aromatic carbocycles. The monoisotopic (exact) mass is 132 g/mol. The quantitative estimate of drug-likeness (QED) is 0.400. The number of hydrogen-bond acceptors (Lipinski definition) is 0. The van der Waals surface area contributed by atoms with E-state index in [-0.39, 0.29) is 0 Å². The molecule has 0 aliphatic heterocycles. The van der Waals surface area contributed by atoms with Crippen molar-refractivity contribution in [2.75, 3.05) is 0 Å². The molecule has 0 aliphatic carbocycles. The Kier molecular flexibility index (Phi) is 3.28. The van der Waals surface area contributed by atoms with Crippen LogP contribution in [-0.2, 0) is 0 Å². The third-order valence-electron chi connectivity index (χ3n) is 1.11. The molecule has 10 heavy (non-hydrogen) atoms. The van der Waals surface area contributed by atoms with E-state index in [1.165, 1.54) is 0 Å². The first-order valence-electron chi connectivity index (χ1n) is 3.07. The predicted molar refractivity (Wildman–Crippen MR) is 46.5 cm³/mol. The molecule has 0 aliphatic rings. The van der Waals surface area contributed by atoms with Crippen LogP contribution in [0.3, 0.4) is 0 Å². The molecule has 0 bridgehead atoms. The van der Waals surface area contributed by atoms with Gasteiger partial charge in [-0.2, -0.15) is 0 Å². The van der Waals surface area contributed by atoms with Gasteiger partial charge in [-0.1, -0.05) is 30.7 Å². The van der Waals surface area contributed by atoms with Crippen LogP contribution in [0.1, 0.15) is 13.8 Å². The second-order valence-corrected chi connectivity index (χ2v) is 2.30. The minimum atomic E-state index is 0.725. The first-order valence-corrected chi connectivity index (χ1v) is 3.07. The molecule has 0 fully saturated rings. The van der Waals surface area contributed by atoms with Crippen LogP contribution in [0.15, 0.2) is 36.0 Å². The third kappa shape index (κ3) is 2.94. The number of terminal acetylenes is 1. The summed E-state index contributed by atoms with van der Waals surface area (Å²) in [5.41, 5.74) is 2.73. The maximum Gasteiger partial charge on any atom is 0.0200 e. The van der Waals surface area contributed by atoms with Gasteiger partial charge in [-0.3, -0.25) is 0 Å². The summed E-state index contributed by atoms with van der Waals surface area (Å²) >= 11 is 0. The third-order valence-corrected chi connectivity index (χ3v) is 1.11. The van der Waals surface area contributed by atoms with Crippen molar-refractivity contribution < 1.29 is 0 Å². The summed E-state index contributed by atoms with van der Waals surface area (Å²) in [6.07, 6.45) is 7.05. The van der Waals surface area contributed by atoms with Gasteiger partial charge in [-0.15, -0.1) is 6.42 Å². The summed E-state index contributed by atoms with van der Waals surface area (Å²) in [5.74, 6) is 2.47. The van der Waals surface area contributed by atoms with Crippen LogP contribution in [0.2, 0.25) is 0 Å². The van der Waals surface area contributed by atoms with Crippen molar-refractivity contribution in [1.29, 1.82) is 0 Å². The van der Waals surface area contributed by atoms with Crippen molar-refractivity contribution in [1.82, 2.24) is 0 Å². The van der Waals surface area contributed by atoms with E-state index in [9.17, 15) is 0 Å². The van der Waals surface area contributed by atoms with Gasteiger partial charge in [0, 0.05) is 5.57 Å². The van der Waals surface area contributed by atoms with Gasteiger partial charge in [0.05, 0.1) is 0 Å². The van der Waals surface area contributed by atoms with Crippen molar-refractivity contribution in [2.45, 2.75) is 13.8 Å². The van der Waals surface area contributed by atoms with Crippen molar-refractivity contribution in [2.24, 2.45) is 0 Å². The molecule has 0 spiro atoms. The molecular weight excluding hydrogens is 120 g/mol. The molecule has 0 unspecified atom stereocenters. The maximum atomic E-state index is 5.13. The molecule has 0 saturated heterocycles. The van der Waals surface area contributed by atoms with Crippen molar-refractivity contribution in [3.05, 3.63) is 36.0 Å². The van der Waals surface area contributed by atoms with E-state index in [0.29, 0.717) is 0 Å². The van der Waals surface area contributed by atoms with Crippen LogP contribution in [0.25, 0.3) is 0 Å². The van der Waals surface area contributed by atoms with Gasteiger partial charge in [-0.05, 0) is 19.4 Å². The number of rotatable bonds is 2. The first kappa shape index (κ1) is 8.78. The summed E-state index contributed by atoms with van der Waals surface area (Å²) in [7, 11) is 0. The molecule has 0 amide bonds. The number of allylic oxidation sites excluding steroid dienone is 4. The molecule has 0 radical (unpaired) electrons. The fraction of sp³-hybridized carbons (Fsp3) is 0.200. The first-order chi connectivity index (χ1) is 4.57. The Bertz CT molecular complexity index is 221. The van der Waals surface area contributed by atoms with Crippen LogP contribution in [0.5, 0.6) is 0 Å². The molecule has 0 rings (SSSR count). The Morgan fingerprint density at radius 2 is 1.90 bits per heavy atom. The Morgan fingerprint density at radius 3 is 2.20 bits per heavy atom. The van der Waals surface area contributed by atoms with Crippen LogP contribution in [0, 0.1) is 12.3 Å². The lowest BCUT2D eigenvalue weighted by atomic mass is 10.1. The zero-order valence-corrected chi connectivity index (χ0v) is 6.57. The van der Waals surface area contributed by atoms with Crippen molar-refractivity contribution in [3.63, 3.8) is 0 Å². The highest BCUT2D eigenvalue weighted by atomic mass is 13.9. The molecule has 0 heterocycles. The summed E-state index contributed by atoms with van der Waals surface area (Å²) in [6, 6.07) is 0. The van der Waals surface area contributed by atoms with Crippen LogP contribution < -0.4 is 0 Å². The van der Waals surface area contributed by atoms with E-state index >= 15 is 0 Å². The average Bonchev–Trinajstić information content (AvgIpc) is 1.85. The fourth-order valence-corrected chi connectivity index (χ4v) is 0.571. The van der Waals surface area contributed by atoms with E-state index in [2.05, 4.69) is 19.1 Å². The largest absolute Gasteiger partial charge is 0.115 e. The second kappa shape index (κ2) is 3.74. The fourth-order valence-electron chi connectivity index (χ4n) is 0.571. The minimum Gasteiger partial charge on any atom is -0.115 e. The van der Waals surface area contributed by atoms with Gasteiger partial charge in [0.2, 0.25) is 0 Å². The zero-order valence-electron chi connectivity index (χ0n) is 6.57. The van der Waals surface area contributed by atoms with E-state index in [1.54, 1.807) is 0 Å². The molecule has 0 saturated carbocycles. The lowest BCUT2D eigenvalue weighted by Gasteiger charge is -1.95. The molecule has 0 heteroatoms. The Balaban J connectivity index is 4.38. The summed E-state index contributed by atoms with van der Waals surface area (Å²) < 4.78 is 0. The summed E-state index contributed by atoms with van der Waals surface area (Å²) in [5, 5.41) is 0. The predicted octanol–water partition coefficient (Wildman–Crippen LogP) is 2.70. The van der Waals surface area contributed by atoms with Gasteiger partial charge in [0.1, 0.15) is 0 Å². The molecule has 0 nitrogen and oxygen atoms in total. The molecule has 0 aromatic heterocycles. The van der Waals surface area contributed by atoms with Gasteiger partial charge >= 0.3 is 0 Å². The molecule has 0 aromatic rings. The summed E-state index contributed by atoms with van der Waals surface area (Å²) in [4.78, 5) is 0. The SMILES string of the molecule is C#CC(=C)/C(C)=C\C(=C)C. The second-order valence-electron chi connectivity index (χ2n) is 2.30. The molecular formula is C10H12. The highest BCUT2D eigenvalue weighted by Gasteiger charge is 1.89. The van der Waals surface area contributed by atoms with Crippen LogP contribution in [0.4, 0.5) is 0 Å². The highest BCUT2D eigenvalue weighted by molar-refractivity contribution is 5.43. The van der Waals surface area contributed by atoms with E-state index in [1.807, 2.05) is 19.9 Å². The van der Waals surface area contributed by atoms with Gasteiger partial charge < -0.3 is 0 Å². The smallest absolute Gasteiger partial charge is 0.0200 e. The van der Waals surface area contributed by atoms with Crippen molar-refractivity contribution in [3.8, 4) is 12.3 Å². The summed E-state index contributed by atoms with van der Waals surface area (Å²) in [6.45, 7) is 11.3. The standard InChI is InChI=1S/C10H12/c1-6-9(4)10(5)7-8(2)3/h1,7H,2,4H2,3,5H3/b10-7-. The number of hydrogen-bond donors (Lipinski definition) is 0. The highest BCUT2D eigenvalue weighted by Crippen LogP contribution is 2.07. The Morgan fingerprint density at radius 1 is 1.40 bits per heavy atom. The normalized spacial score (nSPS) is 10.3. The lowest BCUT2D eigenvalue weighted by molar-refractivity contribution is 1.42. The van der Waals surface area contributed by atoms with Gasteiger partial charge in [0.25, 0.3) is 0 Å². The molecule has 0 N–H and O–H groups in total. The lowest BCUT2D eigenvalue weighted by Crippen LogP contribution is -1.78. The zero-order chi connectivity index (χ0) is 8.15. The van der Waals surface area contributed by atoms with Gasteiger partial charge in [-0.25, -0.2) is 0 Å². The Hall–Kier alpha value is -1.22. The van der Waals surface area contributed by atoms with Crippen LogP contribution in [-0.4, -0.2) is 0 Å².